The van der Waals surface area contributed by atoms with Gasteiger partial charge in [-0.2, -0.15) is 13.2 Å². The molecule has 0 aliphatic heterocycles. The van der Waals surface area contributed by atoms with Crippen LogP contribution < -0.4 is 10.1 Å². The maximum absolute atomic E-state index is 13.0. The zero-order chi connectivity index (χ0) is 23.4. The van der Waals surface area contributed by atoms with Gasteiger partial charge in [0.2, 0.25) is 0 Å². The number of benzene rings is 3. The number of halogens is 3. The molecule has 1 aliphatic rings. The summed E-state index contributed by atoms with van der Waals surface area (Å²) in [6.07, 6.45) is -7.41. The molecule has 0 saturated heterocycles. The normalized spacial score (nSPS) is 13.5. The summed E-state index contributed by atoms with van der Waals surface area (Å²) in [5, 5.41) is 2.01. The molecular formula is C25H20F3NO4. The summed E-state index contributed by atoms with van der Waals surface area (Å²) in [5.41, 5.74) is 3.95. The number of ether oxygens (including phenoxy) is 2. The van der Waals surface area contributed by atoms with Crippen LogP contribution in [0.4, 0.5) is 18.0 Å². The van der Waals surface area contributed by atoms with Crippen LogP contribution in [0.5, 0.6) is 5.75 Å². The van der Waals surface area contributed by atoms with Gasteiger partial charge in [0, 0.05) is 5.92 Å². The number of para-hydroxylation sites is 1. The van der Waals surface area contributed by atoms with E-state index < -0.39 is 30.7 Å². The zero-order valence-corrected chi connectivity index (χ0v) is 17.3. The van der Waals surface area contributed by atoms with E-state index in [1.165, 1.54) is 12.1 Å². The molecule has 1 aliphatic carbocycles. The highest BCUT2D eigenvalue weighted by molar-refractivity contribution is 5.83. The lowest BCUT2D eigenvalue weighted by molar-refractivity contribution is -0.156. The number of esters is 1. The Morgan fingerprint density at radius 2 is 1.39 bits per heavy atom. The minimum atomic E-state index is -4.70. The van der Waals surface area contributed by atoms with E-state index in [-0.39, 0.29) is 18.3 Å². The van der Waals surface area contributed by atoms with Crippen molar-refractivity contribution in [2.45, 2.75) is 24.6 Å². The van der Waals surface area contributed by atoms with Crippen molar-refractivity contribution in [2.75, 3.05) is 6.61 Å². The Balaban J connectivity index is 1.44. The summed E-state index contributed by atoms with van der Waals surface area (Å²) in [4.78, 5) is 24.7. The van der Waals surface area contributed by atoms with E-state index in [4.69, 9.17) is 9.47 Å². The first-order chi connectivity index (χ1) is 15.8. The second-order valence-electron chi connectivity index (χ2n) is 7.58. The third-order valence-electron chi connectivity index (χ3n) is 5.32. The van der Waals surface area contributed by atoms with Crippen LogP contribution in [0.25, 0.3) is 11.1 Å². The van der Waals surface area contributed by atoms with Crippen molar-refractivity contribution in [3.05, 3.63) is 90.0 Å². The second kappa shape index (κ2) is 9.36. The van der Waals surface area contributed by atoms with Crippen LogP contribution in [0, 0.1) is 0 Å². The first-order valence-electron chi connectivity index (χ1n) is 10.3. The van der Waals surface area contributed by atoms with Crippen molar-refractivity contribution in [3.63, 3.8) is 0 Å². The molecule has 170 valence electrons. The van der Waals surface area contributed by atoms with Crippen LogP contribution in [0.2, 0.25) is 0 Å². The lowest BCUT2D eigenvalue weighted by atomic mass is 9.98. The van der Waals surface area contributed by atoms with Crippen LogP contribution in [-0.2, 0) is 9.53 Å². The molecule has 33 heavy (non-hydrogen) atoms. The predicted molar refractivity (Wildman–Crippen MR) is 115 cm³/mol. The highest BCUT2D eigenvalue weighted by atomic mass is 19.4. The molecule has 5 nitrogen and oxygen atoms in total. The molecule has 0 fully saturated rings. The Hall–Kier alpha value is -3.81. The topological polar surface area (TPSA) is 64.6 Å². The van der Waals surface area contributed by atoms with E-state index in [1.807, 2.05) is 53.8 Å². The number of alkyl carbamates (subject to hydrolysis) is 1. The molecule has 3 aromatic carbocycles. The van der Waals surface area contributed by atoms with Gasteiger partial charge in [0.25, 0.3) is 0 Å². The van der Waals surface area contributed by atoms with Gasteiger partial charge in [0.1, 0.15) is 18.4 Å². The summed E-state index contributed by atoms with van der Waals surface area (Å²) >= 11 is 0. The number of carbonyl (C=O) groups is 2. The Labute approximate surface area is 188 Å². The highest BCUT2D eigenvalue weighted by Crippen LogP contribution is 2.44. The van der Waals surface area contributed by atoms with Gasteiger partial charge in [0.15, 0.2) is 0 Å². The SMILES string of the molecule is O=C(N[C@@H](CC(F)(F)F)C(=O)Oc1ccccc1)OCC1c2ccccc2-c2ccccc21. The van der Waals surface area contributed by atoms with E-state index in [0.29, 0.717) is 0 Å². The molecule has 8 heteroatoms. The molecule has 0 radical (unpaired) electrons. The third-order valence-corrected chi connectivity index (χ3v) is 5.32. The van der Waals surface area contributed by atoms with E-state index in [9.17, 15) is 22.8 Å². The number of amides is 1. The third kappa shape index (κ3) is 5.34. The molecule has 1 N–H and O–H groups in total. The number of hydrogen-bond acceptors (Lipinski definition) is 4. The van der Waals surface area contributed by atoms with Gasteiger partial charge in [0.05, 0.1) is 6.42 Å². The van der Waals surface area contributed by atoms with Gasteiger partial charge in [-0.15, -0.1) is 0 Å². The molecule has 0 bridgehead atoms. The minimum absolute atomic E-state index is 0.0732. The van der Waals surface area contributed by atoms with E-state index >= 15 is 0 Å². The first kappa shape index (κ1) is 22.4. The lowest BCUT2D eigenvalue weighted by Crippen LogP contribution is -2.46. The van der Waals surface area contributed by atoms with Crippen molar-refractivity contribution in [2.24, 2.45) is 0 Å². The Morgan fingerprint density at radius 3 is 1.97 bits per heavy atom. The van der Waals surface area contributed by atoms with E-state index in [0.717, 1.165) is 22.3 Å². The average molecular weight is 455 g/mol. The number of rotatable bonds is 6. The molecule has 3 aromatic rings. The Bertz CT molecular complexity index is 1100. The molecule has 0 heterocycles. The number of carbonyl (C=O) groups excluding carboxylic acids is 2. The number of nitrogens with one attached hydrogen (secondary N) is 1. The molecule has 1 amide bonds. The van der Waals surface area contributed by atoms with Crippen molar-refractivity contribution in [1.29, 1.82) is 0 Å². The van der Waals surface area contributed by atoms with Crippen LogP contribution in [0.3, 0.4) is 0 Å². The van der Waals surface area contributed by atoms with Crippen molar-refractivity contribution in [3.8, 4) is 16.9 Å². The monoisotopic (exact) mass is 455 g/mol. The van der Waals surface area contributed by atoms with Gasteiger partial charge in [-0.25, -0.2) is 9.59 Å². The fraction of sp³-hybridized carbons (Fsp3) is 0.200. The van der Waals surface area contributed by atoms with Gasteiger partial charge < -0.3 is 14.8 Å². The zero-order valence-electron chi connectivity index (χ0n) is 17.3. The standard InChI is InChI=1S/C25H20F3NO4/c26-25(27,28)14-22(23(30)33-16-8-2-1-3-9-16)29-24(31)32-15-21-19-12-6-4-10-17(19)18-11-5-7-13-20(18)21/h1-13,21-22H,14-15H2,(H,29,31)/t22-/m0/s1. The van der Waals surface area contributed by atoms with Crippen molar-refractivity contribution < 1.29 is 32.2 Å². The maximum atomic E-state index is 13.0. The summed E-state index contributed by atoms with van der Waals surface area (Å²) in [7, 11) is 0. The lowest BCUT2D eigenvalue weighted by Gasteiger charge is -2.20. The van der Waals surface area contributed by atoms with Gasteiger partial charge in [-0.1, -0.05) is 66.7 Å². The molecule has 0 unspecified atom stereocenters. The summed E-state index contributed by atoms with van der Waals surface area (Å²) in [5.74, 6) is -1.42. The Kier molecular flexibility index (Phi) is 6.35. The van der Waals surface area contributed by atoms with Crippen LogP contribution in [-0.4, -0.2) is 30.9 Å². The van der Waals surface area contributed by atoms with Crippen molar-refractivity contribution >= 4 is 12.1 Å². The molecule has 1 atom stereocenters. The smallest absolute Gasteiger partial charge is 0.407 e. The molecule has 0 saturated carbocycles. The average Bonchev–Trinajstić information content (AvgIpc) is 3.11. The van der Waals surface area contributed by atoms with Gasteiger partial charge in [-0.05, 0) is 34.4 Å². The number of hydrogen-bond donors (Lipinski definition) is 1. The van der Waals surface area contributed by atoms with E-state index in [1.54, 1.807) is 18.2 Å². The maximum Gasteiger partial charge on any atom is 0.407 e. The first-order valence-corrected chi connectivity index (χ1v) is 10.3. The highest BCUT2D eigenvalue weighted by Gasteiger charge is 2.38. The minimum Gasteiger partial charge on any atom is -0.449 e. The Morgan fingerprint density at radius 1 is 0.848 bits per heavy atom. The quantitative estimate of drug-likeness (QED) is 0.397. The summed E-state index contributed by atoms with van der Waals surface area (Å²) in [6, 6.07) is 21.0. The largest absolute Gasteiger partial charge is 0.449 e. The second-order valence-corrected chi connectivity index (χ2v) is 7.58. The molecule has 0 spiro atoms. The van der Waals surface area contributed by atoms with Crippen LogP contribution in [0.15, 0.2) is 78.9 Å². The summed E-state index contributed by atoms with van der Waals surface area (Å²) in [6.45, 7) is -0.0909. The predicted octanol–water partition coefficient (Wildman–Crippen LogP) is 5.45. The molecular weight excluding hydrogens is 435 g/mol. The van der Waals surface area contributed by atoms with E-state index in [2.05, 4.69) is 0 Å². The van der Waals surface area contributed by atoms with Crippen molar-refractivity contribution in [1.82, 2.24) is 5.32 Å². The summed E-state index contributed by atoms with van der Waals surface area (Å²) < 4.78 is 49.3. The number of alkyl halides is 3. The van der Waals surface area contributed by atoms with Gasteiger partial charge in [-0.3, -0.25) is 0 Å². The fourth-order valence-electron chi connectivity index (χ4n) is 3.88. The van der Waals surface area contributed by atoms with Crippen LogP contribution >= 0.6 is 0 Å². The van der Waals surface area contributed by atoms with Crippen LogP contribution in [0.1, 0.15) is 23.5 Å². The fourth-order valence-corrected chi connectivity index (χ4v) is 3.88. The van der Waals surface area contributed by atoms with Gasteiger partial charge >= 0.3 is 18.2 Å². The molecule has 0 aromatic heterocycles. The molecule has 4 rings (SSSR count). The number of fused-ring (bicyclic) bond motifs is 3.